The molecule has 1 atom stereocenters. The van der Waals surface area contributed by atoms with Crippen molar-refractivity contribution >= 4 is 21.8 Å². The molecule has 160 valence electrons. The third kappa shape index (κ3) is 5.87. The Morgan fingerprint density at radius 3 is 2.57 bits per heavy atom. The van der Waals surface area contributed by atoms with Crippen molar-refractivity contribution in [1.82, 2.24) is 19.9 Å². The highest BCUT2D eigenvalue weighted by Crippen LogP contribution is 2.23. The molecule has 1 aliphatic heterocycles. The fourth-order valence-electron chi connectivity index (χ4n) is 3.34. The van der Waals surface area contributed by atoms with Gasteiger partial charge in [-0.25, -0.2) is 8.42 Å². The standard InChI is InChI=1S/C21H26N4O4S/c26-20(24-15-18-8-4-5-12-22-18)11-13-23-21(27)17-7-6-14-25(16-17)30(28,29)19-9-2-1-3-10-19/h1-5,8-10,12,17H,6-7,11,13-16H2,(H,23,27)(H,24,26). The van der Waals surface area contributed by atoms with E-state index < -0.39 is 15.9 Å². The van der Waals surface area contributed by atoms with Gasteiger partial charge in [0.25, 0.3) is 0 Å². The summed E-state index contributed by atoms with van der Waals surface area (Å²) < 4.78 is 26.9. The van der Waals surface area contributed by atoms with E-state index in [2.05, 4.69) is 15.6 Å². The lowest BCUT2D eigenvalue weighted by Gasteiger charge is -2.31. The van der Waals surface area contributed by atoms with Crippen molar-refractivity contribution in [3.8, 4) is 0 Å². The molecule has 1 unspecified atom stereocenters. The average Bonchev–Trinajstić information content (AvgIpc) is 2.79. The van der Waals surface area contributed by atoms with Crippen LogP contribution >= 0.6 is 0 Å². The lowest BCUT2D eigenvalue weighted by molar-refractivity contribution is -0.126. The summed E-state index contributed by atoms with van der Waals surface area (Å²) in [6.07, 6.45) is 3.05. The topological polar surface area (TPSA) is 108 Å². The minimum atomic E-state index is -3.61. The SMILES string of the molecule is O=C(CCNC(=O)C1CCCN(S(=O)(=O)c2ccccc2)C1)NCc1ccccn1. The molecule has 1 saturated heterocycles. The first-order valence-corrected chi connectivity index (χ1v) is 11.4. The molecule has 0 spiro atoms. The molecule has 0 aliphatic carbocycles. The highest BCUT2D eigenvalue weighted by atomic mass is 32.2. The Labute approximate surface area is 176 Å². The molecule has 1 aromatic carbocycles. The molecule has 0 saturated carbocycles. The van der Waals surface area contributed by atoms with Crippen LogP contribution in [-0.2, 0) is 26.2 Å². The number of pyridine rings is 1. The second kappa shape index (κ2) is 10.3. The maximum Gasteiger partial charge on any atom is 0.243 e. The lowest BCUT2D eigenvalue weighted by atomic mass is 9.99. The molecule has 9 heteroatoms. The molecule has 1 aromatic heterocycles. The van der Waals surface area contributed by atoms with Crippen molar-refractivity contribution in [2.75, 3.05) is 19.6 Å². The third-order valence-corrected chi connectivity index (χ3v) is 6.86. The van der Waals surface area contributed by atoms with Gasteiger partial charge < -0.3 is 10.6 Å². The van der Waals surface area contributed by atoms with E-state index in [0.717, 1.165) is 5.69 Å². The Kier molecular flexibility index (Phi) is 7.53. The Balaban J connectivity index is 1.44. The zero-order valence-electron chi connectivity index (χ0n) is 16.7. The van der Waals surface area contributed by atoms with E-state index in [-0.39, 0.29) is 36.2 Å². The average molecular weight is 431 g/mol. The maximum atomic E-state index is 12.8. The summed E-state index contributed by atoms with van der Waals surface area (Å²) in [6, 6.07) is 13.7. The summed E-state index contributed by atoms with van der Waals surface area (Å²) in [5.41, 5.74) is 0.761. The van der Waals surface area contributed by atoms with Gasteiger partial charge in [0.2, 0.25) is 21.8 Å². The van der Waals surface area contributed by atoms with Gasteiger partial charge in [0.05, 0.1) is 23.1 Å². The van der Waals surface area contributed by atoms with Crippen LogP contribution in [0.4, 0.5) is 0 Å². The zero-order valence-corrected chi connectivity index (χ0v) is 17.5. The minimum absolute atomic E-state index is 0.148. The fourth-order valence-corrected chi connectivity index (χ4v) is 4.88. The summed E-state index contributed by atoms with van der Waals surface area (Å²) in [4.78, 5) is 28.8. The largest absolute Gasteiger partial charge is 0.355 e. The zero-order chi connectivity index (χ0) is 21.4. The first-order valence-electron chi connectivity index (χ1n) is 9.96. The molecule has 0 bridgehead atoms. The predicted octanol–water partition coefficient (Wildman–Crippen LogP) is 1.30. The number of hydrogen-bond acceptors (Lipinski definition) is 5. The second-order valence-corrected chi connectivity index (χ2v) is 9.09. The van der Waals surface area contributed by atoms with E-state index in [1.807, 2.05) is 12.1 Å². The van der Waals surface area contributed by atoms with E-state index >= 15 is 0 Å². The van der Waals surface area contributed by atoms with Crippen LogP contribution in [-0.4, -0.2) is 49.2 Å². The number of rotatable bonds is 8. The highest BCUT2D eigenvalue weighted by molar-refractivity contribution is 7.89. The van der Waals surface area contributed by atoms with E-state index in [1.165, 1.54) is 4.31 Å². The Hall–Kier alpha value is -2.78. The lowest BCUT2D eigenvalue weighted by Crippen LogP contribution is -2.45. The summed E-state index contributed by atoms with van der Waals surface area (Å²) in [7, 11) is -3.61. The van der Waals surface area contributed by atoms with Gasteiger partial charge in [0.15, 0.2) is 0 Å². The van der Waals surface area contributed by atoms with Gasteiger partial charge in [-0.2, -0.15) is 4.31 Å². The second-order valence-electron chi connectivity index (χ2n) is 7.15. The molecule has 0 radical (unpaired) electrons. The molecule has 1 aliphatic rings. The van der Waals surface area contributed by atoms with Gasteiger partial charge in [0, 0.05) is 32.3 Å². The van der Waals surface area contributed by atoms with Gasteiger partial charge in [-0.05, 0) is 37.1 Å². The normalized spacial score (nSPS) is 17.3. The van der Waals surface area contributed by atoms with E-state index in [0.29, 0.717) is 25.9 Å². The molecular formula is C21H26N4O4S. The number of benzene rings is 1. The molecule has 2 amide bonds. The van der Waals surface area contributed by atoms with Crippen LogP contribution in [0.25, 0.3) is 0 Å². The van der Waals surface area contributed by atoms with Crippen LogP contribution in [0, 0.1) is 5.92 Å². The summed E-state index contributed by atoms with van der Waals surface area (Å²) in [5.74, 6) is -0.827. The molecule has 3 rings (SSSR count). The van der Waals surface area contributed by atoms with E-state index in [1.54, 1.807) is 42.6 Å². The molecule has 2 aromatic rings. The predicted molar refractivity (Wildman–Crippen MR) is 112 cm³/mol. The highest BCUT2D eigenvalue weighted by Gasteiger charge is 2.33. The van der Waals surface area contributed by atoms with Crippen LogP contribution in [0.15, 0.2) is 59.6 Å². The summed E-state index contributed by atoms with van der Waals surface area (Å²) >= 11 is 0. The van der Waals surface area contributed by atoms with Crippen molar-refractivity contribution in [2.24, 2.45) is 5.92 Å². The number of amides is 2. The van der Waals surface area contributed by atoms with Crippen LogP contribution in [0.2, 0.25) is 0 Å². The van der Waals surface area contributed by atoms with Crippen LogP contribution < -0.4 is 10.6 Å². The van der Waals surface area contributed by atoms with Gasteiger partial charge in [-0.3, -0.25) is 14.6 Å². The van der Waals surface area contributed by atoms with Gasteiger partial charge in [-0.1, -0.05) is 24.3 Å². The van der Waals surface area contributed by atoms with E-state index in [9.17, 15) is 18.0 Å². The molecule has 1 fully saturated rings. The van der Waals surface area contributed by atoms with Crippen LogP contribution in [0.1, 0.15) is 25.0 Å². The number of carbonyl (C=O) groups excluding carboxylic acids is 2. The smallest absolute Gasteiger partial charge is 0.243 e. The molecule has 2 N–H and O–H groups in total. The monoisotopic (exact) mass is 430 g/mol. The van der Waals surface area contributed by atoms with E-state index in [4.69, 9.17) is 0 Å². The maximum absolute atomic E-state index is 12.8. The molecular weight excluding hydrogens is 404 g/mol. The number of hydrogen-bond donors (Lipinski definition) is 2. The van der Waals surface area contributed by atoms with Crippen LogP contribution in [0.3, 0.4) is 0 Å². The summed E-state index contributed by atoms with van der Waals surface area (Å²) in [5, 5.41) is 5.51. The first-order chi connectivity index (χ1) is 14.5. The molecule has 8 nitrogen and oxygen atoms in total. The van der Waals surface area contributed by atoms with Crippen molar-refractivity contribution in [3.63, 3.8) is 0 Å². The Morgan fingerprint density at radius 1 is 1.07 bits per heavy atom. The number of nitrogens with zero attached hydrogens (tertiary/aromatic N) is 2. The number of carbonyl (C=O) groups is 2. The number of aromatic nitrogens is 1. The summed E-state index contributed by atoms with van der Waals surface area (Å²) in [6.45, 7) is 1.09. The number of nitrogens with one attached hydrogen (secondary N) is 2. The Morgan fingerprint density at radius 2 is 1.83 bits per heavy atom. The molecule has 2 heterocycles. The van der Waals surface area contributed by atoms with Gasteiger partial charge in [-0.15, -0.1) is 0 Å². The number of piperidine rings is 1. The minimum Gasteiger partial charge on any atom is -0.355 e. The first kappa shape index (κ1) is 21.9. The van der Waals surface area contributed by atoms with Crippen molar-refractivity contribution in [3.05, 3.63) is 60.4 Å². The van der Waals surface area contributed by atoms with Crippen molar-refractivity contribution < 1.29 is 18.0 Å². The third-order valence-electron chi connectivity index (χ3n) is 4.98. The quantitative estimate of drug-likeness (QED) is 0.656. The Bertz CT molecular complexity index is 951. The fraction of sp³-hybridized carbons (Fsp3) is 0.381. The van der Waals surface area contributed by atoms with Gasteiger partial charge in [0.1, 0.15) is 0 Å². The molecule has 30 heavy (non-hydrogen) atoms. The van der Waals surface area contributed by atoms with Crippen LogP contribution in [0.5, 0.6) is 0 Å². The van der Waals surface area contributed by atoms with Crippen molar-refractivity contribution in [2.45, 2.75) is 30.7 Å². The van der Waals surface area contributed by atoms with Crippen molar-refractivity contribution in [1.29, 1.82) is 0 Å². The number of sulfonamides is 1. The van der Waals surface area contributed by atoms with Gasteiger partial charge >= 0.3 is 0 Å².